The average molecular weight is 230 g/mol. The van der Waals surface area contributed by atoms with Gasteiger partial charge >= 0.3 is 0 Å². The Hall–Kier alpha value is -2.04. The zero-order valence-corrected chi connectivity index (χ0v) is 9.43. The average Bonchev–Trinajstić information content (AvgIpc) is 2.83. The first kappa shape index (κ1) is 10.1. The Morgan fingerprint density at radius 2 is 2.18 bits per heavy atom. The van der Waals surface area contributed by atoms with Gasteiger partial charge in [0.2, 0.25) is 0 Å². The Labute approximate surface area is 98.8 Å². The van der Waals surface area contributed by atoms with Crippen LogP contribution in [0.15, 0.2) is 29.7 Å². The van der Waals surface area contributed by atoms with Gasteiger partial charge in [0.05, 0.1) is 16.9 Å². The molecule has 0 aromatic carbocycles. The second kappa shape index (κ2) is 4.08. The quantitative estimate of drug-likeness (QED) is 0.581. The number of hydrogen-bond donors (Lipinski definition) is 2. The van der Waals surface area contributed by atoms with Crippen molar-refractivity contribution in [1.29, 1.82) is 0 Å². The van der Waals surface area contributed by atoms with Crippen LogP contribution in [0.25, 0.3) is 11.0 Å². The lowest BCUT2D eigenvalue weighted by atomic mass is 10.1. The fourth-order valence-electron chi connectivity index (χ4n) is 2.29. The number of aromatic nitrogens is 2. The van der Waals surface area contributed by atoms with Crippen molar-refractivity contribution in [3.8, 4) is 0 Å². The van der Waals surface area contributed by atoms with E-state index in [-0.39, 0.29) is 0 Å². The fourth-order valence-corrected chi connectivity index (χ4v) is 2.29. The third kappa shape index (κ3) is 1.73. The van der Waals surface area contributed by atoms with Gasteiger partial charge in [-0.15, -0.1) is 0 Å². The van der Waals surface area contributed by atoms with Gasteiger partial charge in [0.1, 0.15) is 5.52 Å². The number of pyridine rings is 1. The molecule has 2 N–H and O–H groups in total. The number of hydrogen-bond acceptors (Lipinski definition) is 4. The molecule has 0 bridgehead atoms. The van der Waals surface area contributed by atoms with Crippen LogP contribution in [-0.4, -0.2) is 34.0 Å². The van der Waals surface area contributed by atoms with E-state index in [1.165, 1.54) is 0 Å². The number of piperidine rings is 1. The maximum absolute atomic E-state index is 8.73. The first-order chi connectivity index (χ1) is 8.38. The first-order valence-corrected chi connectivity index (χ1v) is 5.75. The summed E-state index contributed by atoms with van der Waals surface area (Å²) in [6.07, 6.45) is 5.44. The van der Waals surface area contributed by atoms with Crippen LogP contribution in [0.2, 0.25) is 0 Å². The fraction of sp³-hybridized carbons (Fsp3) is 0.333. The highest BCUT2D eigenvalue weighted by Gasteiger charge is 2.18. The summed E-state index contributed by atoms with van der Waals surface area (Å²) in [5.41, 5.74) is 4.09. The summed E-state index contributed by atoms with van der Waals surface area (Å²) in [7, 11) is 0. The minimum absolute atomic E-state index is 0.815. The molecule has 5 nitrogen and oxygen atoms in total. The van der Waals surface area contributed by atoms with Crippen LogP contribution in [0.5, 0.6) is 0 Å². The van der Waals surface area contributed by atoms with Crippen molar-refractivity contribution in [3.63, 3.8) is 0 Å². The minimum Gasteiger partial charge on any atom is -0.411 e. The topological polar surface area (TPSA) is 64.5 Å². The Morgan fingerprint density at radius 3 is 2.94 bits per heavy atom. The zero-order valence-electron chi connectivity index (χ0n) is 9.43. The van der Waals surface area contributed by atoms with Crippen molar-refractivity contribution >= 4 is 22.4 Å². The molecule has 0 amide bonds. The molecule has 3 heterocycles. The summed E-state index contributed by atoms with van der Waals surface area (Å²) in [5.74, 6) is 0. The Balaban J connectivity index is 1.90. The van der Waals surface area contributed by atoms with Crippen LogP contribution >= 0.6 is 0 Å². The van der Waals surface area contributed by atoms with Crippen LogP contribution in [0.4, 0.5) is 5.69 Å². The lowest BCUT2D eigenvalue weighted by molar-refractivity contribution is 0.315. The normalized spacial score (nSPS) is 16.5. The smallest absolute Gasteiger partial charge is 0.111 e. The monoisotopic (exact) mass is 230 g/mol. The molecule has 3 rings (SSSR count). The van der Waals surface area contributed by atoms with Gasteiger partial charge in [0.25, 0.3) is 0 Å². The van der Waals surface area contributed by atoms with E-state index in [9.17, 15) is 0 Å². The molecule has 1 saturated heterocycles. The van der Waals surface area contributed by atoms with Crippen LogP contribution in [0, 0.1) is 0 Å². The van der Waals surface area contributed by atoms with E-state index in [2.05, 4.69) is 20.0 Å². The Morgan fingerprint density at radius 1 is 1.35 bits per heavy atom. The second-order valence-electron chi connectivity index (χ2n) is 4.23. The highest BCUT2D eigenvalue weighted by molar-refractivity contribution is 5.91. The van der Waals surface area contributed by atoms with E-state index in [1.807, 2.05) is 24.5 Å². The van der Waals surface area contributed by atoms with E-state index in [0.717, 1.165) is 48.4 Å². The van der Waals surface area contributed by atoms with Crippen LogP contribution in [0.3, 0.4) is 0 Å². The molecule has 0 spiro atoms. The number of H-pyrrole nitrogens is 1. The minimum atomic E-state index is 0.815. The number of nitrogens with zero attached hydrogens (tertiary/aromatic N) is 3. The molecule has 1 fully saturated rings. The largest absolute Gasteiger partial charge is 0.411 e. The maximum atomic E-state index is 8.73. The van der Waals surface area contributed by atoms with Crippen molar-refractivity contribution in [2.75, 3.05) is 18.0 Å². The molecular formula is C12H14N4O. The molecule has 0 saturated carbocycles. The first-order valence-electron chi connectivity index (χ1n) is 5.75. The van der Waals surface area contributed by atoms with E-state index in [4.69, 9.17) is 5.21 Å². The van der Waals surface area contributed by atoms with Gasteiger partial charge < -0.3 is 15.1 Å². The number of rotatable bonds is 1. The lowest BCUT2D eigenvalue weighted by Crippen LogP contribution is -2.33. The number of fused-ring (bicyclic) bond motifs is 1. The lowest BCUT2D eigenvalue weighted by Gasteiger charge is -2.28. The van der Waals surface area contributed by atoms with Crippen molar-refractivity contribution in [2.45, 2.75) is 12.8 Å². The number of aromatic amines is 1. The molecule has 88 valence electrons. The highest BCUT2D eigenvalue weighted by atomic mass is 16.4. The van der Waals surface area contributed by atoms with Gasteiger partial charge in [-0.05, 0) is 12.1 Å². The van der Waals surface area contributed by atoms with Crippen molar-refractivity contribution in [1.82, 2.24) is 9.97 Å². The molecule has 17 heavy (non-hydrogen) atoms. The summed E-state index contributed by atoms with van der Waals surface area (Å²) < 4.78 is 0. The van der Waals surface area contributed by atoms with Crippen LogP contribution < -0.4 is 4.90 Å². The van der Waals surface area contributed by atoms with E-state index in [0.29, 0.717) is 0 Å². The van der Waals surface area contributed by atoms with Gasteiger partial charge in [-0.2, -0.15) is 0 Å². The molecule has 1 aliphatic rings. The molecule has 1 aliphatic heterocycles. The third-order valence-electron chi connectivity index (χ3n) is 3.24. The van der Waals surface area contributed by atoms with Gasteiger partial charge in [0.15, 0.2) is 0 Å². The molecule has 2 aromatic rings. The van der Waals surface area contributed by atoms with Gasteiger partial charge in [-0.25, -0.2) is 0 Å². The van der Waals surface area contributed by atoms with Crippen molar-refractivity contribution < 1.29 is 5.21 Å². The van der Waals surface area contributed by atoms with E-state index >= 15 is 0 Å². The Kier molecular flexibility index (Phi) is 2.44. The molecule has 2 aromatic heterocycles. The number of anilines is 1. The molecule has 0 atom stereocenters. The van der Waals surface area contributed by atoms with Crippen LogP contribution in [-0.2, 0) is 0 Å². The van der Waals surface area contributed by atoms with Crippen LogP contribution in [0.1, 0.15) is 12.8 Å². The number of oxime groups is 1. The summed E-state index contributed by atoms with van der Waals surface area (Å²) in [6.45, 7) is 1.76. The third-order valence-corrected chi connectivity index (χ3v) is 3.24. The van der Waals surface area contributed by atoms with Gasteiger partial charge in [0, 0.05) is 38.3 Å². The second-order valence-corrected chi connectivity index (χ2v) is 4.23. The van der Waals surface area contributed by atoms with E-state index in [1.54, 1.807) is 0 Å². The van der Waals surface area contributed by atoms with E-state index < -0.39 is 0 Å². The summed E-state index contributed by atoms with van der Waals surface area (Å²) in [6, 6.07) is 3.95. The molecule has 0 radical (unpaired) electrons. The Bertz CT molecular complexity index is 550. The standard InChI is InChI=1S/C12H14N4O/c17-15-9-3-6-16(7-4-9)11-8-14-10-2-1-5-13-12(10)11/h1-2,5,8,14,17H,3-4,6-7H2. The SMILES string of the molecule is ON=C1CCN(c2c[nH]c3cccnc23)CC1. The summed E-state index contributed by atoms with van der Waals surface area (Å²) in [5, 5.41) is 12.0. The summed E-state index contributed by atoms with van der Waals surface area (Å²) in [4.78, 5) is 9.91. The molecule has 0 unspecified atom stereocenters. The molecule has 0 aliphatic carbocycles. The maximum Gasteiger partial charge on any atom is 0.111 e. The van der Waals surface area contributed by atoms with Gasteiger partial charge in [-0.3, -0.25) is 4.98 Å². The zero-order chi connectivity index (χ0) is 11.7. The molecular weight excluding hydrogens is 216 g/mol. The van der Waals surface area contributed by atoms with Crippen molar-refractivity contribution in [3.05, 3.63) is 24.5 Å². The molecule has 5 heteroatoms. The highest BCUT2D eigenvalue weighted by Crippen LogP contribution is 2.26. The van der Waals surface area contributed by atoms with Gasteiger partial charge in [-0.1, -0.05) is 5.16 Å². The predicted molar refractivity (Wildman–Crippen MR) is 66.8 cm³/mol. The summed E-state index contributed by atoms with van der Waals surface area (Å²) >= 11 is 0. The predicted octanol–water partition coefficient (Wildman–Crippen LogP) is 1.99. The number of nitrogens with one attached hydrogen (secondary N) is 1. The van der Waals surface area contributed by atoms with Crippen molar-refractivity contribution in [2.24, 2.45) is 5.16 Å².